The summed E-state index contributed by atoms with van der Waals surface area (Å²) in [6, 6.07) is 0. The topological polar surface area (TPSA) is 230 Å². The first-order valence-electron chi connectivity index (χ1n) is 6.61. The molecule has 13 nitrogen and oxygen atoms in total. The first-order chi connectivity index (χ1) is 11.7. The lowest BCUT2D eigenvalue weighted by Crippen LogP contribution is -2.51. The second-order valence-corrected chi connectivity index (χ2v) is 5.41. The highest BCUT2D eigenvalue weighted by molar-refractivity contribution is 5.86. The van der Waals surface area contributed by atoms with Gasteiger partial charge in [0.2, 0.25) is 0 Å². The minimum atomic E-state index is -2.85. The standard InChI is InChI=1S/C6H8O7.C5H14NO.2CH2O2/c7-3(8)1-6(13,5(11)12)2-4(9)10;1-6(2,3)4-5-7;2*2-1-3/h13H,1-2H2,(H,7,8)(H,9,10)(H,11,12);7H,4-5H2,1-3H3;2*1H,(H,2,3)/q;+1;;/p-1. The van der Waals surface area contributed by atoms with E-state index in [0.29, 0.717) is 0 Å². The molecular formula is C13H25NO12. The van der Waals surface area contributed by atoms with E-state index in [1.807, 2.05) is 0 Å². The van der Waals surface area contributed by atoms with Gasteiger partial charge in [-0.05, 0) is 0 Å². The Balaban J connectivity index is -0.000000155. The maximum absolute atomic E-state index is 10.2. The molecule has 0 aliphatic heterocycles. The summed E-state index contributed by atoms with van der Waals surface area (Å²) in [7, 11) is 6.16. The number of carboxylic acid groups (broad SMARTS) is 5. The molecule has 0 atom stereocenters. The number of carbonyl (C=O) groups excluding carboxylic acids is 1. The maximum Gasteiger partial charge on any atom is 0.306 e. The summed E-state index contributed by atoms with van der Waals surface area (Å²) in [6.07, 6.45) is -2.41. The number of quaternary nitrogens is 1. The third kappa shape index (κ3) is 29.3. The van der Waals surface area contributed by atoms with Gasteiger partial charge in [-0.15, -0.1) is 0 Å². The largest absolute Gasteiger partial charge is 0.547 e. The average Bonchev–Trinajstić information content (AvgIpc) is 2.37. The van der Waals surface area contributed by atoms with E-state index in [2.05, 4.69) is 21.1 Å². The Morgan fingerprint density at radius 3 is 1.31 bits per heavy atom. The van der Waals surface area contributed by atoms with Crippen molar-refractivity contribution in [2.24, 2.45) is 0 Å². The van der Waals surface area contributed by atoms with Gasteiger partial charge in [-0.2, -0.15) is 0 Å². The van der Waals surface area contributed by atoms with Gasteiger partial charge in [0.15, 0.2) is 0 Å². The van der Waals surface area contributed by atoms with E-state index in [4.69, 9.17) is 40.2 Å². The fourth-order valence-electron chi connectivity index (χ4n) is 1.01. The van der Waals surface area contributed by atoms with Crippen molar-refractivity contribution in [2.45, 2.75) is 18.4 Å². The molecule has 0 bridgehead atoms. The number of aliphatic carboxylic acids is 3. The van der Waals surface area contributed by atoms with Crippen LogP contribution in [0.4, 0.5) is 0 Å². The highest BCUT2D eigenvalue weighted by Gasteiger charge is 2.34. The normalized spacial score (nSPS) is 9.58. The summed E-state index contributed by atoms with van der Waals surface area (Å²) in [6.45, 7) is 0.615. The molecule has 0 aromatic heterocycles. The van der Waals surface area contributed by atoms with Crippen molar-refractivity contribution in [3.8, 4) is 0 Å². The van der Waals surface area contributed by atoms with E-state index in [9.17, 15) is 19.5 Å². The van der Waals surface area contributed by atoms with Gasteiger partial charge in [-0.25, -0.2) is 0 Å². The molecule has 13 heteroatoms. The van der Waals surface area contributed by atoms with Crippen molar-refractivity contribution in [2.75, 3.05) is 34.3 Å². The van der Waals surface area contributed by atoms with Gasteiger partial charge in [-0.3, -0.25) is 19.2 Å². The van der Waals surface area contributed by atoms with Crippen molar-refractivity contribution in [3.63, 3.8) is 0 Å². The number of nitrogens with zero attached hydrogens (tertiary/aromatic N) is 1. The van der Waals surface area contributed by atoms with E-state index < -0.39 is 36.4 Å². The van der Waals surface area contributed by atoms with Crippen LogP contribution in [0.15, 0.2) is 0 Å². The SMILES string of the molecule is C[N+](C)(C)CCO.O=C(O)CC(O)(CC(=O)O)C(=O)[O-].O=CO.O=CO. The predicted molar refractivity (Wildman–Crippen MR) is 81.8 cm³/mol. The lowest BCUT2D eigenvalue weighted by molar-refractivity contribution is -0.870. The molecule has 0 saturated heterocycles. The Bertz CT molecular complexity index is 407. The molecule has 0 unspecified atom stereocenters. The second-order valence-electron chi connectivity index (χ2n) is 5.41. The summed E-state index contributed by atoms with van der Waals surface area (Å²) in [5, 5.41) is 57.7. The molecule has 0 saturated carbocycles. The fraction of sp³-hybridized carbons (Fsp3) is 0.615. The van der Waals surface area contributed by atoms with Crippen LogP contribution in [0.2, 0.25) is 0 Å². The molecule has 0 aliphatic rings. The minimum absolute atomic E-state index is 0.250. The number of aliphatic hydroxyl groups excluding tert-OH is 1. The summed E-state index contributed by atoms with van der Waals surface area (Å²) >= 11 is 0. The zero-order chi connectivity index (χ0) is 22.0. The van der Waals surface area contributed by atoms with E-state index in [0.717, 1.165) is 11.0 Å². The second kappa shape index (κ2) is 17.1. The maximum atomic E-state index is 10.2. The predicted octanol–water partition coefficient (Wildman–Crippen LogP) is -3.50. The Kier molecular flexibility index (Phi) is 20.4. The van der Waals surface area contributed by atoms with Crippen molar-refractivity contribution < 1.29 is 64.2 Å². The zero-order valence-electron chi connectivity index (χ0n) is 14.6. The van der Waals surface area contributed by atoms with Crippen molar-refractivity contribution in [3.05, 3.63) is 0 Å². The molecule has 0 radical (unpaired) electrons. The Morgan fingerprint density at radius 1 is 0.962 bits per heavy atom. The lowest BCUT2D eigenvalue weighted by atomic mass is 9.96. The third-order valence-electron chi connectivity index (χ3n) is 2.04. The molecular weight excluding hydrogens is 362 g/mol. The lowest BCUT2D eigenvalue weighted by Gasteiger charge is -2.25. The monoisotopic (exact) mass is 387 g/mol. The van der Waals surface area contributed by atoms with Crippen molar-refractivity contribution >= 4 is 30.9 Å². The number of likely N-dealkylation sites (N-methyl/N-ethyl adjacent to an activating group) is 1. The quantitative estimate of drug-likeness (QED) is 0.184. The summed E-state index contributed by atoms with van der Waals surface area (Å²) in [5.41, 5.74) is -2.85. The number of hydrogen-bond acceptors (Lipinski definition) is 8. The molecule has 0 aliphatic carbocycles. The number of carbonyl (C=O) groups is 5. The van der Waals surface area contributed by atoms with Crippen LogP contribution < -0.4 is 5.11 Å². The molecule has 0 spiro atoms. The van der Waals surface area contributed by atoms with Crippen molar-refractivity contribution in [1.82, 2.24) is 0 Å². The van der Waals surface area contributed by atoms with Crippen LogP contribution in [0.3, 0.4) is 0 Å². The van der Waals surface area contributed by atoms with Crippen LogP contribution in [0.1, 0.15) is 12.8 Å². The van der Waals surface area contributed by atoms with E-state index in [1.165, 1.54) is 0 Å². The molecule has 154 valence electrons. The number of hydrogen-bond donors (Lipinski definition) is 6. The van der Waals surface area contributed by atoms with Gasteiger partial charge in [0.25, 0.3) is 12.9 Å². The van der Waals surface area contributed by atoms with E-state index in [-0.39, 0.29) is 19.6 Å². The molecule has 0 heterocycles. The van der Waals surface area contributed by atoms with Crippen LogP contribution in [0.5, 0.6) is 0 Å². The van der Waals surface area contributed by atoms with Crippen LogP contribution >= 0.6 is 0 Å². The zero-order valence-corrected chi connectivity index (χ0v) is 14.6. The van der Waals surface area contributed by atoms with Gasteiger partial charge < -0.3 is 45.0 Å². The van der Waals surface area contributed by atoms with Crippen molar-refractivity contribution in [1.29, 1.82) is 0 Å². The molecule has 26 heavy (non-hydrogen) atoms. The minimum Gasteiger partial charge on any atom is -0.547 e. The molecule has 0 fully saturated rings. The number of aliphatic hydroxyl groups is 2. The van der Waals surface area contributed by atoms with Crippen LogP contribution in [0, 0.1) is 0 Å². The number of carboxylic acids is 3. The van der Waals surface area contributed by atoms with Crippen LogP contribution in [-0.4, -0.2) is 106 Å². The van der Waals surface area contributed by atoms with Gasteiger partial charge in [0, 0.05) is 0 Å². The van der Waals surface area contributed by atoms with Gasteiger partial charge in [0.1, 0.15) is 12.1 Å². The smallest absolute Gasteiger partial charge is 0.306 e. The number of rotatable bonds is 7. The summed E-state index contributed by atoms with van der Waals surface area (Å²) in [4.78, 5) is 47.0. The molecule has 0 amide bonds. The average molecular weight is 387 g/mol. The van der Waals surface area contributed by atoms with Gasteiger partial charge in [-0.1, -0.05) is 0 Å². The summed E-state index contributed by atoms with van der Waals surface area (Å²) < 4.78 is 0.844. The highest BCUT2D eigenvalue weighted by Crippen LogP contribution is 2.14. The summed E-state index contributed by atoms with van der Waals surface area (Å²) in [5.74, 6) is -5.35. The Hall–Kier alpha value is -2.77. The first-order valence-corrected chi connectivity index (χ1v) is 6.61. The Labute approximate surface area is 148 Å². The Morgan fingerprint density at radius 2 is 1.23 bits per heavy atom. The first kappa shape index (κ1) is 31.0. The van der Waals surface area contributed by atoms with E-state index >= 15 is 0 Å². The third-order valence-corrected chi connectivity index (χ3v) is 2.04. The van der Waals surface area contributed by atoms with Gasteiger partial charge in [0.05, 0.1) is 46.6 Å². The fourth-order valence-corrected chi connectivity index (χ4v) is 1.01. The molecule has 0 rings (SSSR count). The van der Waals surface area contributed by atoms with Crippen LogP contribution in [0.25, 0.3) is 0 Å². The molecule has 6 N–H and O–H groups in total. The molecule has 0 aromatic carbocycles. The van der Waals surface area contributed by atoms with Gasteiger partial charge >= 0.3 is 11.9 Å². The van der Waals surface area contributed by atoms with Crippen LogP contribution in [-0.2, 0) is 24.0 Å². The highest BCUT2D eigenvalue weighted by atomic mass is 16.4. The van der Waals surface area contributed by atoms with E-state index in [1.54, 1.807) is 0 Å². The molecule has 0 aromatic rings.